The maximum atomic E-state index is 11.9. The Bertz CT molecular complexity index is 463. The Hall–Kier alpha value is -2.08. The summed E-state index contributed by atoms with van der Waals surface area (Å²) in [5.74, 6) is 0.335. The van der Waals surface area contributed by atoms with Crippen molar-refractivity contribution in [3.05, 3.63) is 24.3 Å². The molecule has 0 fully saturated rings. The predicted octanol–water partition coefficient (Wildman–Crippen LogP) is 0.702. The van der Waals surface area contributed by atoms with E-state index in [4.69, 9.17) is 4.74 Å². The van der Waals surface area contributed by atoms with Crippen molar-refractivity contribution in [2.45, 2.75) is 6.92 Å². The maximum absolute atomic E-state index is 11.9. The molecule has 2 N–H and O–H groups in total. The van der Waals surface area contributed by atoms with Crippen molar-refractivity contribution >= 4 is 17.5 Å². The minimum atomic E-state index is -0.232. The van der Waals surface area contributed by atoms with Crippen LogP contribution in [0.2, 0.25) is 0 Å². The van der Waals surface area contributed by atoms with Gasteiger partial charge in [0.25, 0.3) is 0 Å². The van der Waals surface area contributed by atoms with E-state index >= 15 is 0 Å². The van der Waals surface area contributed by atoms with Gasteiger partial charge in [0.05, 0.1) is 20.2 Å². The van der Waals surface area contributed by atoms with Crippen LogP contribution >= 0.6 is 0 Å². The molecule has 0 spiro atoms. The van der Waals surface area contributed by atoms with Crippen molar-refractivity contribution in [3.8, 4) is 5.75 Å². The van der Waals surface area contributed by atoms with Crippen LogP contribution in [0.1, 0.15) is 6.92 Å². The van der Waals surface area contributed by atoms with Gasteiger partial charge in [-0.25, -0.2) is 0 Å². The molecule has 1 aromatic rings. The summed E-state index contributed by atoms with van der Waals surface area (Å²) < 4.78 is 5.08. The van der Waals surface area contributed by atoms with Crippen LogP contribution in [0.4, 0.5) is 5.69 Å². The summed E-state index contributed by atoms with van der Waals surface area (Å²) in [7, 11) is 3.26. The first-order valence-electron chi connectivity index (χ1n) is 6.47. The lowest BCUT2D eigenvalue weighted by Gasteiger charge is -2.20. The quantitative estimate of drug-likeness (QED) is 0.771. The van der Waals surface area contributed by atoms with Crippen molar-refractivity contribution in [3.63, 3.8) is 0 Å². The molecule has 1 aromatic carbocycles. The highest BCUT2D eigenvalue weighted by molar-refractivity contribution is 5.94. The van der Waals surface area contributed by atoms with E-state index in [0.717, 1.165) is 0 Å². The number of methoxy groups -OCH3 is 1. The molecular formula is C14H21N3O3. The van der Waals surface area contributed by atoms with Gasteiger partial charge in [0.15, 0.2) is 0 Å². The first kappa shape index (κ1) is 16.0. The molecule has 0 atom stereocenters. The van der Waals surface area contributed by atoms with Gasteiger partial charge < -0.3 is 20.3 Å². The second-order valence-corrected chi connectivity index (χ2v) is 4.22. The smallest absolute Gasteiger partial charge is 0.243 e. The molecule has 0 aliphatic carbocycles. The van der Waals surface area contributed by atoms with Crippen LogP contribution < -0.4 is 15.4 Å². The number of hydrogen-bond donors (Lipinski definition) is 2. The zero-order chi connectivity index (χ0) is 15.0. The molecular weight excluding hydrogens is 258 g/mol. The SMILES string of the molecule is CCN(CC(=O)Nc1cccc(OC)c1)C(=O)CNC. The highest BCUT2D eigenvalue weighted by atomic mass is 16.5. The molecule has 20 heavy (non-hydrogen) atoms. The number of anilines is 1. The molecule has 0 saturated carbocycles. The minimum Gasteiger partial charge on any atom is -0.497 e. The Morgan fingerprint density at radius 3 is 2.70 bits per heavy atom. The van der Waals surface area contributed by atoms with Crippen LogP contribution in [0.25, 0.3) is 0 Å². The Morgan fingerprint density at radius 2 is 2.10 bits per heavy atom. The number of nitrogens with zero attached hydrogens (tertiary/aromatic N) is 1. The third kappa shape index (κ3) is 4.89. The van der Waals surface area contributed by atoms with E-state index < -0.39 is 0 Å². The molecule has 0 aromatic heterocycles. The monoisotopic (exact) mass is 279 g/mol. The van der Waals surface area contributed by atoms with Gasteiger partial charge in [-0.3, -0.25) is 9.59 Å². The average molecular weight is 279 g/mol. The molecule has 1 rings (SSSR count). The summed E-state index contributed by atoms with van der Waals surface area (Å²) in [6.45, 7) is 2.59. The van der Waals surface area contributed by atoms with Crippen LogP contribution in [-0.2, 0) is 9.59 Å². The van der Waals surface area contributed by atoms with E-state index in [1.165, 1.54) is 4.90 Å². The van der Waals surface area contributed by atoms with E-state index in [9.17, 15) is 9.59 Å². The number of benzene rings is 1. The Morgan fingerprint density at radius 1 is 1.35 bits per heavy atom. The van der Waals surface area contributed by atoms with Gasteiger partial charge in [0.2, 0.25) is 11.8 Å². The van der Waals surface area contributed by atoms with E-state index in [1.807, 2.05) is 6.92 Å². The second-order valence-electron chi connectivity index (χ2n) is 4.22. The molecule has 0 heterocycles. The summed E-state index contributed by atoms with van der Waals surface area (Å²) in [4.78, 5) is 25.1. The lowest BCUT2D eigenvalue weighted by molar-refractivity contribution is -0.133. The zero-order valence-corrected chi connectivity index (χ0v) is 12.1. The van der Waals surface area contributed by atoms with Gasteiger partial charge in [0, 0.05) is 18.3 Å². The predicted molar refractivity (Wildman–Crippen MR) is 77.8 cm³/mol. The van der Waals surface area contributed by atoms with Gasteiger partial charge in [0.1, 0.15) is 5.75 Å². The number of amides is 2. The molecule has 0 unspecified atom stereocenters. The molecule has 6 heteroatoms. The van der Waals surface area contributed by atoms with Crippen molar-refractivity contribution < 1.29 is 14.3 Å². The molecule has 0 radical (unpaired) electrons. The fraction of sp³-hybridized carbons (Fsp3) is 0.429. The van der Waals surface area contributed by atoms with Gasteiger partial charge in [-0.2, -0.15) is 0 Å². The Kier molecular flexibility index (Phi) is 6.52. The number of hydrogen-bond acceptors (Lipinski definition) is 4. The number of carbonyl (C=O) groups is 2. The lowest BCUT2D eigenvalue weighted by atomic mass is 10.3. The molecule has 0 bridgehead atoms. The zero-order valence-electron chi connectivity index (χ0n) is 12.1. The highest BCUT2D eigenvalue weighted by Gasteiger charge is 2.14. The number of ether oxygens (including phenoxy) is 1. The summed E-state index contributed by atoms with van der Waals surface area (Å²) in [6, 6.07) is 7.08. The van der Waals surface area contributed by atoms with Gasteiger partial charge in [-0.15, -0.1) is 0 Å². The third-order valence-corrected chi connectivity index (χ3v) is 2.75. The molecule has 0 aliphatic heterocycles. The minimum absolute atomic E-state index is 0.0359. The van der Waals surface area contributed by atoms with Crippen LogP contribution in [0.3, 0.4) is 0 Å². The summed E-state index contributed by atoms with van der Waals surface area (Å²) >= 11 is 0. The summed E-state index contributed by atoms with van der Waals surface area (Å²) in [5.41, 5.74) is 0.645. The molecule has 6 nitrogen and oxygen atoms in total. The topological polar surface area (TPSA) is 70.7 Å². The van der Waals surface area contributed by atoms with Crippen LogP contribution in [0.5, 0.6) is 5.75 Å². The Balaban J connectivity index is 2.59. The van der Waals surface area contributed by atoms with E-state index in [-0.39, 0.29) is 24.9 Å². The third-order valence-electron chi connectivity index (χ3n) is 2.75. The standard InChI is InChI=1S/C14H21N3O3/c1-4-17(14(19)9-15-2)10-13(18)16-11-6-5-7-12(8-11)20-3/h5-8,15H,4,9-10H2,1-3H3,(H,16,18). The van der Waals surface area contributed by atoms with Gasteiger partial charge >= 0.3 is 0 Å². The van der Waals surface area contributed by atoms with E-state index in [2.05, 4.69) is 10.6 Å². The van der Waals surface area contributed by atoms with Crippen molar-refractivity contribution in [2.75, 3.05) is 39.1 Å². The van der Waals surface area contributed by atoms with Crippen molar-refractivity contribution in [2.24, 2.45) is 0 Å². The van der Waals surface area contributed by atoms with Crippen LogP contribution in [0, 0.1) is 0 Å². The van der Waals surface area contributed by atoms with Gasteiger partial charge in [-0.05, 0) is 26.1 Å². The normalized spacial score (nSPS) is 9.95. The molecule has 0 aliphatic rings. The summed E-state index contributed by atoms with van der Waals surface area (Å²) in [6.07, 6.45) is 0. The van der Waals surface area contributed by atoms with E-state index in [1.54, 1.807) is 38.4 Å². The number of nitrogens with one attached hydrogen (secondary N) is 2. The number of carbonyl (C=O) groups excluding carboxylic acids is 2. The average Bonchev–Trinajstić information content (AvgIpc) is 2.45. The number of rotatable bonds is 7. The first-order chi connectivity index (χ1) is 9.60. The Labute approximate surface area is 119 Å². The second kappa shape index (κ2) is 8.16. The molecule has 0 saturated heterocycles. The van der Waals surface area contributed by atoms with Crippen LogP contribution in [-0.4, -0.2) is 50.5 Å². The fourth-order valence-corrected chi connectivity index (χ4v) is 1.71. The lowest BCUT2D eigenvalue weighted by Crippen LogP contribution is -2.41. The molecule has 110 valence electrons. The first-order valence-corrected chi connectivity index (χ1v) is 6.47. The van der Waals surface area contributed by atoms with E-state index in [0.29, 0.717) is 18.0 Å². The van der Waals surface area contributed by atoms with Gasteiger partial charge in [-0.1, -0.05) is 6.07 Å². The molecule has 2 amide bonds. The largest absolute Gasteiger partial charge is 0.497 e. The van der Waals surface area contributed by atoms with Crippen LogP contribution in [0.15, 0.2) is 24.3 Å². The highest BCUT2D eigenvalue weighted by Crippen LogP contribution is 2.16. The fourth-order valence-electron chi connectivity index (χ4n) is 1.71. The number of likely N-dealkylation sites (N-methyl/N-ethyl adjacent to an activating group) is 2. The van der Waals surface area contributed by atoms with Crippen molar-refractivity contribution in [1.82, 2.24) is 10.2 Å². The maximum Gasteiger partial charge on any atom is 0.243 e. The summed E-state index contributed by atoms with van der Waals surface area (Å²) in [5, 5.41) is 5.53. The van der Waals surface area contributed by atoms with Crippen molar-refractivity contribution in [1.29, 1.82) is 0 Å².